The van der Waals surface area contributed by atoms with Crippen LogP contribution in [0.2, 0.25) is 5.02 Å². The normalized spacial score (nSPS) is 9.89. The highest BCUT2D eigenvalue weighted by Gasteiger charge is 2.09. The molecule has 90 valence electrons. The topological polar surface area (TPSA) is 35.8 Å². The molecule has 2 aromatic rings. The summed E-state index contributed by atoms with van der Waals surface area (Å²) in [4.78, 5) is 0. The van der Waals surface area contributed by atoms with E-state index in [1.54, 1.807) is 24.3 Å². The van der Waals surface area contributed by atoms with Crippen LogP contribution < -0.4 is 5.32 Å². The molecular weight excluding hydrogens is 251 g/mol. The summed E-state index contributed by atoms with van der Waals surface area (Å²) in [5.41, 5.74) is 2.06. The van der Waals surface area contributed by atoms with Gasteiger partial charge < -0.3 is 5.32 Å². The van der Waals surface area contributed by atoms with Gasteiger partial charge in [0.15, 0.2) is 0 Å². The number of benzene rings is 2. The van der Waals surface area contributed by atoms with E-state index in [1.165, 1.54) is 6.07 Å². The summed E-state index contributed by atoms with van der Waals surface area (Å²) in [6.45, 7) is 1.93. The number of rotatable bonds is 2. The lowest BCUT2D eigenvalue weighted by Crippen LogP contribution is -1.96. The second kappa shape index (κ2) is 5.07. The molecule has 0 aromatic heterocycles. The summed E-state index contributed by atoms with van der Waals surface area (Å²) in [6, 6.07) is 11.7. The SMILES string of the molecule is Cc1ccc(Nc2cccc(F)c2C#N)c(Cl)c1. The minimum Gasteiger partial charge on any atom is -0.353 e. The summed E-state index contributed by atoms with van der Waals surface area (Å²) in [5.74, 6) is -0.550. The zero-order valence-corrected chi connectivity index (χ0v) is 10.4. The molecule has 0 amide bonds. The van der Waals surface area contributed by atoms with Crippen molar-refractivity contribution in [3.8, 4) is 6.07 Å². The molecule has 2 aromatic carbocycles. The van der Waals surface area contributed by atoms with E-state index >= 15 is 0 Å². The number of aryl methyl sites for hydroxylation is 1. The number of nitriles is 1. The van der Waals surface area contributed by atoms with Crippen LogP contribution in [-0.2, 0) is 0 Å². The lowest BCUT2D eigenvalue weighted by Gasteiger charge is -2.10. The van der Waals surface area contributed by atoms with Gasteiger partial charge in [0.1, 0.15) is 17.4 Å². The molecule has 0 heterocycles. The maximum absolute atomic E-state index is 13.4. The zero-order valence-electron chi connectivity index (χ0n) is 9.67. The quantitative estimate of drug-likeness (QED) is 0.869. The Bertz CT molecular complexity index is 632. The summed E-state index contributed by atoms with van der Waals surface area (Å²) in [6.07, 6.45) is 0. The van der Waals surface area contributed by atoms with Gasteiger partial charge in [-0.3, -0.25) is 0 Å². The van der Waals surface area contributed by atoms with Gasteiger partial charge >= 0.3 is 0 Å². The predicted molar refractivity (Wildman–Crippen MR) is 70.6 cm³/mol. The first kappa shape index (κ1) is 12.4. The molecular formula is C14H10ClFN2. The van der Waals surface area contributed by atoms with Crippen LogP contribution >= 0.6 is 11.6 Å². The third-order valence-electron chi connectivity index (χ3n) is 2.52. The van der Waals surface area contributed by atoms with Crippen molar-refractivity contribution in [3.63, 3.8) is 0 Å². The van der Waals surface area contributed by atoms with E-state index in [-0.39, 0.29) is 5.56 Å². The van der Waals surface area contributed by atoms with Crippen LogP contribution in [0.15, 0.2) is 36.4 Å². The van der Waals surface area contributed by atoms with E-state index in [4.69, 9.17) is 16.9 Å². The molecule has 0 spiro atoms. The predicted octanol–water partition coefficient (Wildman–Crippen LogP) is 4.40. The largest absolute Gasteiger partial charge is 0.353 e. The molecule has 0 aliphatic carbocycles. The van der Waals surface area contributed by atoms with E-state index in [9.17, 15) is 4.39 Å². The molecule has 18 heavy (non-hydrogen) atoms. The average Bonchev–Trinajstić information content (AvgIpc) is 2.33. The van der Waals surface area contributed by atoms with Gasteiger partial charge in [-0.2, -0.15) is 5.26 Å². The highest BCUT2D eigenvalue weighted by molar-refractivity contribution is 6.33. The van der Waals surface area contributed by atoms with Crippen molar-refractivity contribution < 1.29 is 4.39 Å². The van der Waals surface area contributed by atoms with E-state index in [2.05, 4.69) is 5.32 Å². The average molecular weight is 261 g/mol. The second-order valence-corrected chi connectivity index (χ2v) is 4.29. The molecule has 0 saturated heterocycles. The van der Waals surface area contributed by atoms with Crippen molar-refractivity contribution in [1.82, 2.24) is 0 Å². The molecule has 2 rings (SSSR count). The number of anilines is 2. The Labute approximate surface area is 110 Å². The van der Waals surface area contributed by atoms with Crippen LogP contribution in [0.3, 0.4) is 0 Å². The third kappa shape index (κ3) is 2.44. The molecule has 0 fully saturated rings. The zero-order chi connectivity index (χ0) is 13.1. The van der Waals surface area contributed by atoms with Gasteiger partial charge in [-0.25, -0.2) is 4.39 Å². The molecule has 4 heteroatoms. The minimum absolute atomic E-state index is 0.0193. The van der Waals surface area contributed by atoms with Gasteiger partial charge in [0.05, 0.1) is 16.4 Å². The van der Waals surface area contributed by atoms with Gasteiger partial charge in [0.2, 0.25) is 0 Å². The molecule has 0 atom stereocenters. The number of halogens is 2. The maximum Gasteiger partial charge on any atom is 0.143 e. The van der Waals surface area contributed by atoms with Gasteiger partial charge in [0.25, 0.3) is 0 Å². The van der Waals surface area contributed by atoms with E-state index < -0.39 is 5.82 Å². The van der Waals surface area contributed by atoms with E-state index in [0.29, 0.717) is 16.4 Å². The smallest absolute Gasteiger partial charge is 0.143 e. The van der Waals surface area contributed by atoms with E-state index in [0.717, 1.165) is 5.56 Å². The first-order chi connectivity index (χ1) is 8.61. The molecule has 0 aliphatic rings. The molecule has 0 saturated carbocycles. The molecule has 2 nitrogen and oxygen atoms in total. The molecule has 0 bridgehead atoms. The monoisotopic (exact) mass is 260 g/mol. The number of hydrogen-bond donors (Lipinski definition) is 1. The lowest BCUT2D eigenvalue weighted by molar-refractivity contribution is 0.624. The molecule has 0 aliphatic heterocycles. The van der Waals surface area contributed by atoms with Crippen molar-refractivity contribution in [2.75, 3.05) is 5.32 Å². The lowest BCUT2D eigenvalue weighted by atomic mass is 10.1. The van der Waals surface area contributed by atoms with Crippen molar-refractivity contribution in [3.05, 3.63) is 58.4 Å². The minimum atomic E-state index is -0.550. The van der Waals surface area contributed by atoms with Crippen LogP contribution in [-0.4, -0.2) is 0 Å². The summed E-state index contributed by atoms with van der Waals surface area (Å²) in [5, 5.41) is 12.4. The maximum atomic E-state index is 13.4. The van der Waals surface area contributed by atoms with Crippen LogP contribution in [0.1, 0.15) is 11.1 Å². The Hall–Kier alpha value is -2.05. The third-order valence-corrected chi connectivity index (χ3v) is 2.83. The molecule has 0 unspecified atom stereocenters. The highest BCUT2D eigenvalue weighted by Crippen LogP contribution is 2.28. The number of hydrogen-bond acceptors (Lipinski definition) is 2. The fourth-order valence-corrected chi connectivity index (χ4v) is 1.89. The van der Waals surface area contributed by atoms with Gasteiger partial charge in [-0.1, -0.05) is 23.7 Å². The highest BCUT2D eigenvalue weighted by atomic mass is 35.5. The molecule has 1 N–H and O–H groups in total. The van der Waals surface area contributed by atoms with Crippen molar-refractivity contribution in [2.24, 2.45) is 0 Å². The standard InChI is InChI=1S/C14H10ClFN2/c1-9-5-6-14(11(15)7-9)18-13-4-2-3-12(16)10(13)8-17/h2-7,18H,1H3. The van der Waals surface area contributed by atoms with Crippen molar-refractivity contribution in [1.29, 1.82) is 5.26 Å². The Morgan fingerprint density at radius 2 is 2.00 bits per heavy atom. The second-order valence-electron chi connectivity index (χ2n) is 3.88. The van der Waals surface area contributed by atoms with Crippen LogP contribution in [0.5, 0.6) is 0 Å². The first-order valence-electron chi connectivity index (χ1n) is 5.33. The number of nitrogens with one attached hydrogen (secondary N) is 1. The number of nitrogens with zero attached hydrogens (tertiary/aromatic N) is 1. The van der Waals surface area contributed by atoms with Crippen molar-refractivity contribution in [2.45, 2.75) is 6.92 Å². The summed E-state index contributed by atoms with van der Waals surface area (Å²) in [7, 11) is 0. The summed E-state index contributed by atoms with van der Waals surface area (Å²) < 4.78 is 13.4. The Morgan fingerprint density at radius 1 is 1.22 bits per heavy atom. The summed E-state index contributed by atoms with van der Waals surface area (Å²) >= 11 is 6.08. The fourth-order valence-electron chi connectivity index (χ4n) is 1.61. The van der Waals surface area contributed by atoms with Gasteiger partial charge in [-0.15, -0.1) is 0 Å². The van der Waals surface area contributed by atoms with Gasteiger partial charge in [-0.05, 0) is 36.8 Å². The Morgan fingerprint density at radius 3 is 2.67 bits per heavy atom. The van der Waals surface area contributed by atoms with Gasteiger partial charge in [0, 0.05) is 0 Å². The molecule has 0 radical (unpaired) electrons. The van der Waals surface area contributed by atoms with Crippen molar-refractivity contribution >= 4 is 23.0 Å². The fraction of sp³-hybridized carbons (Fsp3) is 0.0714. The Balaban J connectivity index is 2.41. The first-order valence-corrected chi connectivity index (χ1v) is 5.71. The van der Waals surface area contributed by atoms with Crippen LogP contribution in [0, 0.1) is 24.1 Å². The van der Waals surface area contributed by atoms with Crippen LogP contribution in [0.25, 0.3) is 0 Å². The Kier molecular flexibility index (Phi) is 3.50. The van der Waals surface area contributed by atoms with E-state index in [1.807, 2.05) is 19.1 Å². The van der Waals surface area contributed by atoms with Crippen LogP contribution in [0.4, 0.5) is 15.8 Å².